The molecule has 2 heterocycles. The molecule has 0 aliphatic rings. The molecule has 0 amide bonds. The molecule has 0 saturated heterocycles. The second-order valence-electron chi connectivity index (χ2n) is 3.40. The van der Waals surface area contributed by atoms with Crippen molar-refractivity contribution < 1.29 is 9.90 Å². The third kappa shape index (κ3) is 1.79. The molecule has 0 atom stereocenters. The minimum absolute atomic E-state index is 0.150. The van der Waals surface area contributed by atoms with Crippen LogP contribution in [0, 0.1) is 0 Å². The number of hydrogen-bond donors (Lipinski definition) is 1. The summed E-state index contributed by atoms with van der Waals surface area (Å²) in [6.07, 6.45) is 3.29. The van der Waals surface area contributed by atoms with Crippen LogP contribution in [0.25, 0.3) is 0 Å². The van der Waals surface area contributed by atoms with E-state index in [4.69, 9.17) is 5.11 Å². The minimum Gasteiger partial charge on any atom is -0.477 e. The molecule has 1 N–H and O–H groups in total. The maximum absolute atomic E-state index is 11.6. The number of imidazole rings is 1. The van der Waals surface area contributed by atoms with Crippen LogP contribution >= 0.6 is 11.3 Å². The fourth-order valence-electron chi connectivity index (χ4n) is 1.46. The van der Waals surface area contributed by atoms with Gasteiger partial charge in [0.15, 0.2) is 0 Å². The van der Waals surface area contributed by atoms with Crippen LogP contribution in [0.4, 0.5) is 0 Å². The van der Waals surface area contributed by atoms with Crippen molar-refractivity contribution in [2.75, 3.05) is 0 Å². The Bertz CT molecular complexity index is 579. The summed E-state index contributed by atoms with van der Waals surface area (Å²) in [5.41, 5.74) is 0.508. The van der Waals surface area contributed by atoms with Gasteiger partial charge in [0.05, 0.1) is 6.54 Å². The average molecular weight is 238 g/mol. The van der Waals surface area contributed by atoms with E-state index < -0.39 is 5.97 Å². The van der Waals surface area contributed by atoms with Gasteiger partial charge in [-0.1, -0.05) is 0 Å². The molecule has 0 radical (unpaired) electrons. The predicted molar refractivity (Wildman–Crippen MR) is 60.1 cm³/mol. The Kier molecular flexibility index (Phi) is 2.66. The van der Waals surface area contributed by atoms with E-state index in [0.717, 1.165) is 0 Å². The summed E-state index contributed by atoms with van der Waals surface area (Å²) in [5, 5.41) is 10.6. The summed E-state index contributed by atoms with van der Waals surface area (Å²) >= 11 is 1.17. The molecule has 2 aromatic heterocycles. The van der Waals surface area contributed by atoms with Gasteiger partial charge in [-0.2, -0.15) is 0 Å². The van der Waals surface area contributed by atoms with Gasteiger partial charge in [0.1, 0.15) is 4.88 Å². The molecule has 2 aromatic rings. The second-order valence-corrected chi connectivity index (χ2v) is 4.32. The van der Waals surface area contributed by atoms with Crippen molar-refractivity contribution in [1.82, 2.24) is 9.13 Å². The Hall–Kier alpha value is -1.82. The van der Waals surface area contributed by atoms with Crippen LogP contribution in [0.5, 0.6) is 0 Å². The van der Waals surface area contributed by atoms with Gasteiger partial charge in [-0.05, 0) is 17.0 Å². The molecule has 0 saturated carbocycles. The van der Waals surface area contributed by atoms with E-state index in [1.165, 1.54) is 20.5 Å². The van der Waals surface area contributed by atoms with Crippen molar-refractivity contribution in [2.24, 2.45) is 7.05 Å². The quantitative estimate of drug-likeness (QED) is 0.867. The molecule has 84 valence electrons. The van der Waals surface area contributed by atoms with Gasteiger partial charge in [0.25, 0.3) is 0 Å². The number of nitrogens with zero attached hydrogens (tertiary/aromatic N) is 2. The van der Waals surface area contributed by atoms with Gasteiger partial charge in [-0.25, -0.2) is 9.59 Å². The number of aromatic carboxylic acids is 1. The maximum atomic E-state index is 11.6. The first-order valence-corrected chi connectivity index (χ1v) is 5.49. The smallest absolute Gasteiger partial charge is 0.346 e. The van der Waals surface area contributed by atoms with Crippen LogP contribution in [0.1, 0.15) is 15.2 Å². The van der Waals surface area contributed by atoms with Gasteiger partial charge in [0, 0.05) is 19.4 Å². The highest BCUT2D eigenvalue weighted by Crippen LogP contribution is 2.17. The number of hydrogen-bond acceptors (Lipinski definition) is 3. The lowest BCUT2D eigenvalue weighted by Crippen LogP contribution is -2.22. The zero-order valence-corrected chi connectivity index (χ0v) is 9.40. The van der Waals surface area contributed by atoms with Gasteiger partial charge in [-0.15, -0.1) is 11.3 Å². The molecule has 0 fully saturated rings. The third-order valence-corrected chi connectivity index (χ3v) is 3.24. The van der Waals surface area contributed by atoms with E-state index in [1.54, 1.807) is 30.9 Å². The largest absolute Gasteiger partial charge is 0.477 e. The molecular weight excluding hydrogens is 228 g/mol. The SMILES string of the molecule is Cn1ccn(Cc2ccsc2C(=O)O)c1=O. The lowest BCUT2D eigenvalue weighted by atomic mass is 10.2. The van der Waals surface area contributed by atoms with Crippen LogP contribution in [0.3, 0.4) is 0 Å². The average Bonchev–Trinajstić information content (AvgIpc) is 2.80. The number of carboxylic acids is 1. The lowest BCUT2D eigenvalue weighted by molar-refractivity contribution is 0.0701. The van der Waals surface area contributed by atoms with Gasteiger partial charge < -0.3 is 9.67 Å². The monoisotopic (exact) mass is 238 g/mol. The predicted octanol–water partition coefficient (Wildman–Crippen LogP) is 0.995. The molecule has 5 nitrogen and oxygen atoms in total. The lowest BCUT2D eigenvalue weighted by Gasteiger charge is -2.00. The van der Waals surface area contributed by atoms with Crippen LogP contribution in [-0.2, 0) is 13.6 Å². The van der Waals surface area contributed by atoms with Gasteiger partial charge in [0.2, 0.25) is 0 Å². The van der Waals surface area contributed by atoms with E-state index in [2.05, 4.69) is 0 Å². The molecule has 0 bridgehead atoms. The number of carboxylic acid groups (broad SMARTS) is 1. The molecule has 0 aliphatic carbocycles. The van der Waals surface area contributed by atoms with Crippen molar-refractivity contribution >= 4 is 17.3 Å². The van der Waals surface area contributed by atoms with E-state index in [9.17, 15) is 9.59 Å². The van der Waals surface area contributed by atoms with Gasteiger partial charge >= 0.3 is 11.7 Å². The molecule has 0 aromatic carbocycles. The standard InChI is InChI=1S/C10H10N2O3S/c1-11-3-4-12(10(11)15)6-7-2-5-16-8(7)9(13)14/h2-5H,6H2,1H3,(H,13,14). The first-order valence-electron chi connectivity index (χ1n) is 4.61. The number of carbonyl (C=O) groups is 1. The fourth-order valence-corrected chi connectivity index (χ4v) is 2.22. The van der Waals surface area contributed by atoms with Crippen molar-refractivity contribution in [3.63, 3.8) is 0 Å². The first kappa shape index (κ1) is 10.7. The highest BCUT2D eigenvalue weighted by atomic mass is 32.1. The van der Waals surface area contributed by atoms with E-state index in [1.807, 2.05) is 0 Å². The van der Waals surface area contributed by atoms with Crippen LogP contribution in [0.2, 0.25) is 0 Å². The number of aromatic nitrogens is 2. The zero-order chi connectivity index (χ0) is 11.7. The van der Waals surface area contributed by atoms with E-state index in [-0.39, 0.29) is 10.6 Å². The molecule has 0 aliphatic heterocycles. The van der Waals surface area contributed by atoms with Crippen LogP contribution in [0.15, 0.2) is 28.6 Å². The fraction of sp³-hybridized carbons (Fsp3) is 0.200. The summed E-state index contributed by atoms with van der Waals surface area (Å²) in [6.45, 7) is 0.296. The Balaban J connectivity index is 2.34. The first-order chi connectivity index (χ1) is 7.59. The topological polar surface area (TPSA) is 64.2 Å². The van der Waals surface area contributed by atoms with Crippen LogP contribution < -0.4 is 5.69 Å². The maximum Gasteiger partial charge on any atom is 0.346 e. The summed E-state index contributed by atoms with van der Waals surface area (Å²) in [7, 11) is 1.66. The Morgan fingerprint density at radius 3 is 2.81 bits per heavy atom. The molecule has 2 rings (SSSR count). The van der Waals surface area contributed by atoms with Crippen molar-refractivity contribution in [3.05, 3.63) is 44.8 Å². The van der Waals surface area contributed by atoms with E-state index >= 15 is 0 Å². The molecular formula is C10H10N2O3S. The Morgan fingerprint density at radius 2 is 2.25 bits per heavy atom. The van der Waals surface area contributed by atoms with Crippen molar-refractivity contribution in [2.45, 2.75) is 6.54 Å². The normalized spacial score (nSPS) is 10.6. The van der Waals surface area contributed by atoms with Crippen LogP contribution in [-0.4, -0.2) is 20.2 Å². The summed E-state index contributed by atoms with van der Waals surface area (Å²) in [4.78, 5) is 22.7. The highest BCUT2D eigenvalue weighted by Gasteiger charge is 2.12. The second kappa shape index (κ2) is 3.97. The van der Waals surface area contributed by atoms with Gasteiger partial charge in [-0.3, -0.25) is 4.57 Å². The Morgan fingerprint density at radius 1 is 1.50 bits per heavy atom. The summed E-state index contributed by atoms with van der Waals surface area (Å²) in [5.74, 6) is -0.950. The molecule has 0 unspecified atom stereocenters. The zero-order valence-electron chi connectivity index (χ0n) is 8.58. The molecule has 6 heteroatoms. The van der Waals surface area contributed by atoms with Crippen molar-refractivity contribution in [1.29, 1.82) is 0 Å². The minimum atomic E-state index is -0.950. The molecule has 16 heavy (non-hydrogen) atoms. The number of aryl methyl sites for hydroxylation is 1. The number of thiophene rings is 1. The Labute approximate surface area is 95.2 Å². The van der Waals surface area contributed by atoms with Crippen molar-refractivity contribution in [3.8, 4) is 0 Å². The van der Waals surface area contributed by atoms with E-state index in [0.29, 0.717) is 12.1 Å². The summed E-state index contributed by atoms with van der Waals surface area (Å²) < 4.78 is 2.93. The highest BCUT2D eigenvalue weighted by molar-refractivity contribution is 7.12. The molecule has 0 spiro atoms. The third-order valence-electron chi connectivity index (χ3n) is 2.30. The summed E-state index contributed by atoms with van der Waals surface area (Å²) in [6, 6.07) is 1.73. The number of rotatable bonds is 3.